The topological polar surface area (TPSA) is 63.5 Å². The molecule has 1 atom stereocenters. The van der Waals surface area contributed by atoms with E-state index in [-0.39, 0.29) is 6.04 Å². The molecule has 1 aliphatic rings. The van der Waals surface area contributed by atoms with Gasteiger partial charge in [0.1, 0.15) is 24.5 Å². The molecule has 0 saturated carbocycles. The fourth-order valence-corrected chi connectivity index (χ4v) is 3.73. The largest absolute Gasteiger partial charge is 0.486 e. The SMILES string of the molecule is C[C@@H](c1ccc2c(c1)OCCO2)N(C)Cc1cn[nH]c1-c1cc2ccccc2o1. The number of aromatic amines is 1. The molecule has 0 radical (unpaired) electrons. The summed E-state index contributed by atoms with van der Waals surface area (Å²) in [6.45, 7) is 4.12. The summed E-state index contributed by atoms with van der Waals surface area (Å²) in [6.07, 6.45) is 1.87. The molecule has 5 rings (SSSR count). The Labute approximate surface area is 169 Å². The van der Waals surface area contributed by atoms with Crippen molar-refractivity contribution in [2.24, 2.45) is 0 Å². The first-order valence-corrected chi connectivity index (χ1v) is 9.80. The van der Waals surface area contributed by atoms with Crippen LogP contribution in [0.15, 0.2) is 59.1 Å². The standard InChI is InChI=1S/C23H23N3O3/c1-15(16-7-8-20-21(11-16)28-10-9-27-20)26(2)14-18-13-24-25-23(18)22-12-17-5-3-4-6-19(17)29-22/h3-8,11-13,15H,9-10,14H2,1-2H3,(H,24,25)/t15-/m0/s1. The number of H-pyrrole nitrogens is 1. The van der Waals surface area contributed by atoms with Gasteiger partial charge in [0.05, 0.1) is 6.20 Å². The third-order valence-electron chi connectivity index (χ3n) is 5.52. The van der Waals surface area contributed by atoms with Gasteiger partial charge in [0.25, 0.3) is 0 Å². The van der Waals surface area contributed by atoms with Crippen molar-refractivity contribution in [1.29, 1.82) is 0 Å². The van der Waals surface area contributed by atoms with Crippen molar-refractivity contribution in [3.05, 3.63) is 65.9 Å². The number of furan rings is 1. The summed E-state index contributed by atoms with van der Waals surface area (Å²) >= 11 is 0. The van der Waals surface area contributed by atoms with Crippen LogP contribution in [0.1, 0.15) is 24.1 Å². The Bertz CT molecular complexity index is 1110. The van der Waals surface area contributed by atoms with Crippen LogP contribution in [-0.4, -0.2) is 35.4 Å². The molecular weight excluding hydrogens is 366 g/mol. The summed E-state index contributed by atoms with van der Waals surface area (Å²) in [5, 5.41) is 8.45. The Kier molecular flexibility index (Phi) is 4.48. The highest BCUT2D eigenvalue weighted by Gasteiger charge is 2.20. The first-order valence-electron chi connectivity index (χ1n) is 9.80. The lowest BCUT2D eigenvalue weighted by molar-refractivity contribution is 0.170. The van der Waals surface area contributed by atoms with Gasteiger partial charge in [-0.3, -0.25) is 10.00 Å². The summed E-state index contributed by atoms with van der Waals surface area (Å²) in [5.74, 6) is 2.44. The quantitative estimate of drug-likeness (QED) is 0.532. The smallest absolute Gasteiger partial charge is 0.161 e. The molecule has 0 unspecified atom stereocenters. The van der Waals surface area contributed by atoms with Gasteiger partial charge in [-0.05, 0) is 43.8 Å². The number of rotatable bonds is 5. The minimum atomic E-state index is 0.198. The molecule has 0 saturated heterocycles. The molecule has 0 bridgehead atoms. The van der Waals surface area contributed by atoms with E-state index in [4.69, 9.17) is 13.9 Å². The fourth-order valence-electron chi connectivity index (χ4n) is 3.73. The van der Waals surface area contributed by atoms with E-state index in [9.17, 15) is 0 Å². The summed E-state index contributed by atoms with van der Waals surface area (Å²) in [7, 11) is 2.11. The van der Waals surface area contributed by atoms with Gasteiger partial charge in [-0.25, -0.2) is 0 Å². The molecule has 3 heterocycles. The third-order valence-corrected chi connectivity index (χ3v) is 5.52. The first kappa shape index (κ1) is 17.8. The molecule has 1 aliphatic heterocycles. The number of para-hydroxylation sites is 1. The second-order valence-corrected chi connectivity index (χ2v) is 7.41. The van der Waals surface area contributed by atoms with E-state index in [0.29, 0.717) is 13.2 Å². The zero-order valence-corrected chi connectivity index (χ0v) is 16.5. The van der Waals surface area contributed by atoms with Crippen molar-refractivity contribution < 1.29 is 13.9 Å². The van der Waals surface area contributed by atoms with Gasteiger partial charge in [0.15, 0.2) is 17.3 Å². The van der Waals surface area contributed by atoms with Crippen LogP contribution >= 0.6 is 0 Å². The van der Waals surface area contributed by atoms with Crippen LogP contribution in [0.3, 0.4) is 0 Å². The van der Waals surface area contributed by atoms with E-state index in [2.05, 4.69) is 53.3 Å². The summed E-state index contributed by atoms with van der Waals surface area (Å²) in [4.78, 5) is 2.28. The van der Waals surface area contributed by atoms with E-state index in [0.717, 1.165) is 46.0 Å². The minimum Gasteiger partial charge on any atom is -0.486 e. The van der Waals surface area contributed by atoms with Crippen LogP contribution in [0.4, 0.5) is 0 Å². The van der Waals surface area contributed by atoms with Gasteiger partial charge in [-0.1, -0.05) is 24.3 Å². The van der Waals surface area contributed by atoms with Gasteiger partial charge in [0.2, 0.25) is 0 Å². The molecule has 0 fully saturated rings. The summed E-state index contributed by atoms with van der Waals surface area (Å²) in [5.41, 5.74) is 4.07. The van der Waals surface area contributed by atoms with Crippen LogP contribution in [0.25, 0.3) is 22.4 Å². The number of ether oxygens (including phenoxy) is 2. The number of fused-ring (bicyclic) bond motifs is 2. The second kappa shape index (κ2) is 7.29. The number of nitrogens with one attached hydrogen (secondary N) is 1. The molecule has 4 aromatic rings. The van der Waals surface area contributed by atoms with E-state index >= 15 is 0 Å². The molecule has 0 spiro atoms. The molecule has 1 N–H and O–H groups in total. The third kappa shape index (κ3) is 3.36. The highest BCUT2D eigenvalue weighted by molar-refractivity contribution is 5.82. The number of nitrogens with zero attached hydrogens (tertiary/aromatic N) is 2. The molecule has 2 aromatic heterocycles. The zero-order valence-electron chi connectivity index (χ0n) is 16.5. The van der Waals surface area contributed by atoms with Crippen molar-refractivity contribution in [2.45, 2.75) is 19.5 Å². The van der Waals surface area contributed by atoms with Crippen LogP contribution < -0.4 is 9.47 Å². The predicted molar refractivity (Wildman–Crippen MR) is 111 cm³/mol. The van der Waals surface area contributed by atoms with Crippen LogP contribution in [0.2, 0.25) is 0 Å². The maximum Gasteiger partial charge on any atom is 0.161 e. The van der Waals surface area contributed by atoms with Crippen molar-refractivity contribution in [1.82, 2.24) is 15.1 Å². The lowest BCUT2D eigenvalue weighted by Gasteiger charge is -2.26. The van der Waals surface area contributed by atoms with Gasteiger partial charge in [-0.15, -0.1) is 0 Å². The van der Waals surface area contributed by atoms with Gasteiger partial charge in [0, 0.05) is 23.5 Å². The van der Waals surface area contributed by atoms with Gasteiger partial charge >= 0.3 is 0 Å². The average Bonchev–Trinajstić information content (AvgIpc) is 3.39. The van der Waals surface area contributed by atoms with E-state index in [1.54, 1.807) is 0 Å². The summed E-state index contributed by atoms with van der Waals surface area (Å²) in [6, 6.07) is 16.4. The molecule has 0 amide bonds. The zero-order chi connectivity index (χ0) is 19.8. The lowest BCUT2D eigenvalue weighted by Crippen LogP contribution is -2.22. The first-order chi connectivity index (χ1) is 14.2. The second-order valence-electron chi connectivity index (χ2n) is 7.41. The number of aromatic nitrogens is 2. The van der Waals surface area contributed by atoms with Crippen molar-refractivity contribution in [3.63, 3.8) is 0 Å². The normalized spacial score (nSPS) is 14.4. The van der Waals surface area contributed by atoms with Crippen molar-refractivity contribution in [2.75, 3.05) is 20.3 Å². The van der Waals surface area contributed by atoms with Gasteiger partial charge in [-0.2, -0.15) is 5.10 Å². The highest BCUT2D eigenvalue weighted by atomic mass is 16.6. The fraction of sp³-hybridized carbons (Fsp3) is 0.261. The predicted octanol–water partition coefficient (Wildman–Crippen LogP) is 4.79. The molecule has 6 heteroatoms. The van der Waals surface area contributed by atoms with Crippen molar-refractivity contribution in [3.8, 4) is 23.0 Å². The maximum atomic E-state index is 6.02. The van der Waals surface area contributed by atoms with Crippen LogP contribution in [0.5, 0.6) is 11.5 Å². The maximum absolute atomic E-state index is 6.02. The Morgan fingerprint density at radius 1 is 1.07 bits per heavy atom. The Balaban J connectivity index is 1.37. The van der Waals surface area contributed by atoms with Crippen LogP contribution in [-0.2, 0) is 6.54 Å². The monoisotopic (exact) mass is 389 g/mol. The number of benzene rings is 2. The number of hydrogen-bond donors (Lipinski definition) is 1. The molecular formula is C23H23N3O3. The molecule has 0 aliphatic carbocycles. The Morgan fingerprint density at radius 3 is 2.76 bits per heavy atom. The molecule has 29 heavy (non-hydrogen) atoms. The average molecular weight is 389 g/mol. The molecule has 6 nitrogen and oxygen atoms in total. The van der Waals surface area contributed by atoms with E-state index < -0.39 is 0 Å². The highest BCUT2D eigenvalue weighted by Crippen LogP contribution is 2.35. The van der Waals surface area contributed by atoms with E-state index in [1.165, 1.54) is 5.56 Å². The molecule has 148 valence electrons. The molecule has 2 aromatic carbocycles. The minimum absolute atomic E-state index is 0.198. The Morgan fingerprint density at radius 2 is 1.90 bits per heavy atom. The Hall–Kier alpha value is -3.25. The number of hydrogen-bond acceptors (Lipinski definition) is 5. The lowest BCUT2D eigenvalue weighted by atomic mass is 10.1. The van der Waals surface area contributed by atoms with Crippen molar-refractivity contribution >= 4 is 11.0 Å². The van der Waals surface area contributed by atoms with E-state index in [1.807, 2.05) is 30.5 Å². The van der Waals surface area contributed by atoms with Gasteiger partial charge < -0.3 is 13.9 Å². The van der Waals surface area contributed by atoms with Crippen LogP contribution in [0, 0.1) is 0 Å². The summed E-state index contributed by atoms with van der Waals surface area (Å²) < 4.78 is 17.4.